The summed E-state index contributed by atoms with van der Waals surface area (Å²) in [5.41, 5.74) is 0.271. The van der Waals surface area contributed by atoms with E-state index in [4.69, 9.17) is 0 Å². The fraction of sp³-hybridized carbons (Fsp3) is 0.500. The van der Waals surface area contributed by atoms with Crippen LogP contribution in [0.15, 0.2) is 30.3 Å². The van der Waals surface area contributed by atoms with Crippen LogP contribution in [-0.2, 0) is 15.0 Å². The zero-order valence-corrected chi connectivity index (χ0v) is 11.5. The highest BCUT2D eigenvalue weighted by Gasteiger charge is 2.63. The lowest BCUT2D eigenvalue weighted by Crippen LogP contribution is -2.41. The first-order chi connectivity index (χ1) is 9.63. The van der Waals surface area contributed by atoms with Gasteiger partial charge >= 0.3 is 0 Å². The van der Waals surface area contributed by atoms with Gasteiger partial charge in [0, 0.05) is 25.6 Å². The number of benzene rings is 1. The average molecular weight is 270 g/mol. The molecule has 1 aromatic rings. The maximum atomic E-state index is 12.8. The summed E-state index contributed by atoms with van der Waals surface area (Å²) in [4.78, 5) is 26.8. The molecule has 0 spiro atoms. The number of fused-ring (bicyclic) bond motifs is 1. The van der Waals surface area contributed by atoms with Gasteiger partial charge in [-0.1, -0.05) is 30.3 Å². The standard InChI is InChI=1S/C16H18N2O2/c1-16(10-5-3-2-4-6-10)7-13(19)18(15(16)20)14-11-8-17-9-12(11)14/h2-6,11-12,14,17H,7-9H2,1H3. The van der Waals surface area contributed by atoms with Crippen LogP contribution >= 0.6 is 0 Å². The average Bonchev–Trinajstić information content (AvgIpc) is 2.83. The van der Waals surface area contributed by atoms with E-state index in [9.17, 15) is 9.59 Å². The summed E-state index contributed by atoms with van der Waals surface area (Å²) in [6.07, 6.45) is 0.305. The molecule has 0 radical (unpaired) electrons. The number of likely N-dealkylation sites (tertiary alicyclic amines) is 1. The molecule has 3 unspecified atom stereocenters. The van der Waals surface area contributed by atoms with Crippen molar-refractivity contribution in [2.24, 2.45) is 11.8 Å². The van der Waals surface area contributed by atoms with Crippen molar-refractivity contribution in [3.8, 4) is 0 Å². The van der Waals surface area contributed by atoms with E-state index >= 15 is 0 Å². The van der Waals surface area contributed by atoms with E-state index in [2.05, 4.69) is 5.32 Å². The number of nitrogens with one attached hydrogen (secondary N) is 1. The number of carbonyl (C=O) groups is 2. The summed E-state index contributed by atoms with van der Waals surface area (Å²) < 4.78 is 0. The predicted octanol–water partition coefficient (Wildman–Crippen LogP) is 0.921. The SMILES string of the molecule is CC1(c2ccccc2)CC(=O)N(C2C3CNCC32)C1=O. The second-order valence-electron chi connectivity index (χ2n) is 6.42. The molecule has 3 atom stereocenters. The van der Waals surface area contributed by atoms with Crippen LogP contribution in [0.3, 0.4) is 0 Å². The number of hydrogen-bond donors (Lipinski definition) is 1. The van der Waals surface area contributed by atoms with Gasteiger partial charge in [-0.3, -0.25) is 14.5 Å². The Hall–Kier alpha value is -1.68. The summed E-state index contributed by atoms with van der Waals surface area (Å²) in [6, 6.07) is 9.84. The van der Waals surface area contributed by atoms with Crippen LogP contribution in [0, 0.1) is 11.8 Å². The molecule has 3 fully saturated rings. The van der Waals surface area contributed by atoms with E-state index in [1.165, 1.54) is 0 Å². The summed E-state index contributed by atoms with van der Waals surface area (Å²) in [7, 11) is 0. The molecule has 0 bridgehead atoms. The van der Waals surface area contributed by atoms with Crippen LogP contribution in [0.1, 0.15) is 18.9 Å². The molecule has 1 saturated carbocycles. The smallest absolute Gasteiger partial charge is 0.240 e. The third-order valence-electron chi connectivity index (χ3n) is 5.22. The van der Waals surface area contributed by atoms with Crippen molar-refractivity contribution in [1.29, 1.82) is 0 Å². The molecular formula is C16H18N2O2. The first-order valence-corrected chi connectivity index (χ1v) is 7.26. The van der Waals surface area contributed by atoms with E-state index in [0.29, 0.717) is 18.3 Å². The summed E-state index contributed by atoms with van der Waals surface area (Å²) in [6.45, 7) is 3.78. The van der Waals surface area contributed by atoms with E-state index in [0.717, 1.165) is 18.7 Å². The van der Waals surface area contributed by atoms with Gasteiger partial charge in [-0.05, 0) is 24.3 Å². The lowest BCUT2D eigenvalue weighted by molar-refractivity contribution is -0.141. The minimum absolute atomic E-state index is 0.000697. The van der Waals surface area contributed by atoms with Crippen molar-refractivity contribution in [3.05, 3.63) is 35.9 Å². The molecular weight excluding hydrogens is 252 g/mol. The molecule has 3 aliphatic rings. The molecule has 4 heteroatoms. The van der Waals surface area contributed by atoms with Crippen molar-refractivity contribution in [1.82, 2.24) is 10.2 Å². The monoisotopic (exact) mass is 270 g/mol. The van der Waals surface area contributed by atoms with Crippen molar-refractivity contribution < 1.29 is 9.59 Å². The van der Waals surface area contributed by atoms with Crippen molar-refractivity contribution in [2.45, 2.75) is 24.8 Å². The van der Waals surface area contributed by atoms with Gasteiger partial charge in [0.15, 0.2) is 0 Å². The van der Waals surface area contributed by atoms with Crippen LogP contribution in [0.25, 0.3) is 0 Å². The minimum Gasteiger partial charge on any atom is -0.316 e. The van der Waals surface area contributed by atoms with Gasteiger partial charge < -0.3 is 5.32 Å². The van der Waals surface area contributed by atoms with E-state index in [1.54, 1.807) is 4.90 Å². The van der Waals surface area contributed by atoms with Crippen LogP contribution in [0.5, 0.6) is 0 Å². The maximum absolute atomic E-state index is 12.8. The Morgan fingerprint density at radius 2 is 1.80 bits per heavy atom. The first-order valence-electron chi connectivity index (χ1n) is 7.26. The number of imide groups is 1. The Labute approximate surface area is 118 Å². The molecule has 1 aliphatic carbocycles. The summed E-state index contributed by atoms with van der Waals surface area (Å²) in [5.74, 6) is 0.968. The van der Waals surface area contributed by atoms with E-state index in [-0.39, 0.29) is 17.9 Å². The molecule has 4 rings (SSSR count). The van der Waals surface area contributed by atoms with Crippen LogP contribution < -0.4 is 5.32 Å². The third-order valence-corrected chi connectivity index (χ3v) is 5.22. The Morgan fingerprint density at radius 1 is 1.15 bits per heavy atom. The van der Waals surface area contributed by atoms with Gasteiger partial charge in [0.1, 0.15) is 0 Å². The van der Waals surface area contributed by atoms with E-state index in [1.807, 2.05) is 37.3 Å². The zero-order valence-electron chi connectivity index (χ0n) is 11.5. The summed E-state index contributed by atoms with van der Waals surface area (Å²) >= 11 is 0. The van der Waals surface area contributed by atoms with Gasteiger partial charge in [-0.25, -0.2) is 0 Å². The highest BCUT2D eigenvalue weighted by atomic mass is 16.2. The number of piperidine rings is 1. The van der Waals surface area contributed by atoms with Crippen LogP contribution in [-0.4, -0.2) is 35.8 Å². The molecule has 104 valence electrons. The lowest BCUT2D eigenvalue weighted by Gasteiger charge is -2.23. The number of nitrogens with zero attached hydrogens (tertiary/aromatic N) is 1. The van der Waals surface area contributed by atoms with Gasteiger partial charge in [0.2, 0.25) is 11.8 Å². The molecule has 1 N–H and O–H groups in total. The topological polar surface area (TPSA) is 49.4 Å². The molecule has 2 aliphatic heterocycles. The molecule has 20 heavy (non-hydrogen) atoms. The Kier molecular flexibility index (Phi) is 2.37. The van der Waals surface area contributed by atoms with Crippen molar-refractivity contribution in [2.75, 3.05) is 13.1 Å². The fourth-order valence-corrected chi connectivity index (χ4v) is 3.94. The molecule has 4 nitrogen and oxygen atoms in total. The van der Waals surface area contributed by atoms with Crippen LogP contribution in [0.4, 0.5) is 0 Å². The third kappa shape index (κ3) is 1.45. The minimum atomic E-state index is -0.678. The van der Waals surface area contributed by atoms with Crippen molar-refractivity contribution in [3.63, 3.8) is 0 Å². The van der Waals surface area contributed by atoms with Crippen LogP contribution in [0.2, 0.25) is 0 Å². The molecule has 1 aromatic carbocycles. The highest BCUT2D eigenvalue weighted by Crippen LogP contribution is 2.50. The van der Waals surface area contributed by atoms with Gasteiger partial charge in [-0.15, -0.1) is 0 Å². The maximum Gasteiger partial charge on any atom is 0.240 e. The molecule has 2 heterocycles. The number of carbonyl (C=O) groups excluding carboxylic acids is 2. The number of hydrogen-bond acceptors (Lipinski definition) is 3. The van der Waals surface area contributed by atoms with E-state index < -0.39 is 5.41 Å². The number of rotatable bonds is 2. The predicted molar refractivity (Wildman–Crippen MR) is 73.9 cm³/mol. The molecule has 2 amide bonds. The fourth-order valence-electron chi connectivity index (χ4n) is 3.94. The molecule has 0 aromatic heterocycles. The highest BCUT2D eigenvalue weighted by molar-refractivity contribution is 6.09. The largest absolute Gasteiger partial charge is 0.316 e. The van der Waals surface area contributed by atoms with Gasteiger partial charge in [0.25, 0.3) is 0 Å². The molecule has 2 saturated heterocycles. The normalized spacial score (nSPS) is 39.2. The summed E-state index contributed by atoms with van der Waals surface area (Å²) in [5, 5.41) is 3.31. The Morgan fingerprint density at radius 3 is 2.45 bits per heavy atom. The second kappa shape index (κ2) is 3.92. The zero-order chi connectivity index (χ0) is 13.9. The van der Waals surface area contributed by atoms with Gasteiger partial charge in [0.05, 0.1) is 5.41 Å². The Bertz CT molecular complexity index is 575. The quantitative estimate of drug-likeness (QED) is 0.813. The van der Waals surface area contributed by atoms with Crippen molar-refractivity contribution >= 4 is 11.8 Å². The second-order valence-corrected chi connectivity index (χ2v) is 6.42. The lowest BCUT2D eigenvalue weighted by atomic mass is 9.81. The Balaban J connectivity index is 1.66. The van der Waals surface area contributed by atoms with Gasteiger partial charge in [-0.2, -0.15) is 0 Å². The number of amides is 2. The first kappa shape index (κ1) is 12.1.